The fourth-order valence-corrected chi connectivity index (χ4v) is 3.43. The Morgan fingerprint density at radius 2 is 1.88 bits per heavy atom. The van der Waals surface area contributed by atoms with E-state index in [1.165, 1.54) is 25.7 Å². The lowest BCUT2D eigenvalue weighted by Crippen LogP contribution is -2.41. The molecular weight excluding hydrogens is 412 g/mol. The average Bonchev–Trinajstić information content (AvgIpc) is 2.64. The number of unbranched alkanes of at least 4 members (excludes halogenated alkanes) is 4. The highest BCUT2D eigenvalue weighted by atomic mass is 79.9. The third-order valence-corrected chi connectivity index (χ3v) is 5.07. The number of ether oxygens (including phenoxy) is 1. The van der Waals surface area contributed by atoms with Crippen molar-refractivity contribution in [2.45, 2.75) is 39.0 Å². The summed E-state index contributed by atoms with van der Waals surface area (Å²) in [5.41, 5.74) is 0. The van der Waals surface area contributed by atoms with Gasteiger partial charge >= 0.3 is 0 Å². The van der Waals surface area contributed by atoms with E-state index >= 15 is 0 Å². The van der Waals surface area contributed by atoms with E-state index in [9.17, 15) is 4.79 Å². The van der Waals surface area contributed by atoms with E-state index in [1.807, 2.05) is 36.4 Å². The van der Waals surface area contributed by atoms with Crippen molar-refractivity contribution in [1.29, 1.82) is 0 Å². The van der Waals surface area contributed by atoms with Crippen molar-refractivity contribution >= 4 is 49.9 Å². The maximum Gasteiger partial charge on any atom is 0.264 e. The van der Waals surface area contributed by atoms with E-state index in [0.29, 0.717) is 10.9 Å². The van der Waals surface area contributed by atoms with E-state index in [4.69, 9.17) is 17.0 Å². The second kappa shape index (κ2) is 11.1. The molecule has 0 aliphatic carbocycles. The largest absolute Gasteiger partial charge is 0.483 e. The Hall–Kier alpha value is -1.66. The number of hydrogen-bond donors (Lipinski definition) is 2. The number of halogens is 1. The number of amides is 1. The third kappa shape index (κ3) is 6.57. The molecule has 0 saturated carbocycles. The van der Waals surface area contributed by atoms with Crippen LogP contribution in [-0.4, -0.2) is 24.2 Å². The van der Waals surface area contributed by atoms with Crippen molar-refractivity contribution in [3.63, 3.8) is 0 Å². The Labute approximate surface area is 168 Å². The van der Waals surface area contributed by atoms with Crippen LogP contribution in [0, 0.1) is 0 Å². The predicted octanol–water partition coefficient (Wildman–Crippen LogP) is 4.94. The number of benzene rings is 2. The van der Waals surface area contributed by atoms with Crippen LogP contribution in [-0.2, 0) is 4.79 Å². The molecule has 0 radical (unpaired) electrons. The first kappa shape index (κ1) is 20.6. The maximum atomic E-state index is 12.0. The smallest absolute Gasteiger partial charge is 0.264 e. The number of thiocarbonyl (C=S) groups is 1. The zero-order valence-electron chi connectivity index (χ0n) is 15.0. The summed E-state index contributed by atoms with van der Waals surface area (Å²) in [6.45, 7) is 2.89. The Morgan fingerprint density at radius 1 is 1.12 bits per heavy atom. The minimum absolute atomic E-state index is 0.0880. The summed E-state index contributed by atoms with van der Waals surface area (Å²) in [6.07, 6.45) is 5.97. The molecule has 0 bridgehead atoms. The summed E-state index contributed by atoms with van der Waals surface area (Å²) in [7, 11) is 0. The number of hydrogen-bond acceptors (Lipinski definition) is 3. The van der Waals surface area contributed by atoms with E-state index in [1.54, 1.807) is 0 Å². The highest BCUT2D eigenvalue weighted by molar-refractivity contribution is 9.10. The van der Waals surface area contributed by atoms with E-state index in [2.05, 4.69) is 33.5 Å². The molecule has 0 unspecified atom stereocenters. The first-order valence-corrected chi connectivity index (χ1v) is 10.2. The Morgan fingerprint density at radius 3 is 2.69 bits per heavy atom. The van der Waals surface area contributed by atoms with Gasteiger partial charge < -0.3 is 15.4 Å². The second-order valence-electron chi connectivity index (χ2n) is 6.11. The van der Waals surface area contributed by atoms with Gasteiger partial charge in [0.1, 0.15) is 5.75 Å². The third-order valence-electron chi connectivity index (χ3n) is 4.01. The van der Waals surface area contributed by atoms with Gasteiger partial charge in [-0.1, -0.05) is 62.9 Å². The standard InChI is InChI=1S/C20H25BrN2O2S/c1-2-3-4-5-8-13-22-20(26)23-18(24)14-25-17-12-11-15-9-6-7-10-16(15)19(17)21/h6-7,9-12H,2-5,8,13-14H2,1H3,(H2,22,23,24,26). The molecule has 0 saturated heterocycles. The van der Waals surface area contributed by atoms with Crippen LogP contribution in [0.1, 0.15) is 39.0 Å². The molecule has 0 aromatic heterocycles. The molecule has 140 valence electrons. The van der Waals surface area contributed by atoms with Crippen LogP contribution in [0.2, 0.25) is 0 Å². The molecule has 0 atom stereocenters. The molecule has 0 fully saturated rings. The lowest BCUT2D eigenvalue weighted by molar-refractivity contribution is -0.121. The highest BCUT2D eigenvalue weighted by Crippen LogP contribution is 2.32. The van der Waals surface area contributed by atoms with Gasteiger partial charge in [-0.15, -0.1) is 0 Å². The maximum absolute atomic E-state index is 12.0. The van der Waals surface area contributed by atoms with E-state index < -0.39 is 0 Å². The summed E-state index contributed by atoms with van der Waals surface area (Å²) in [6, 6.07) is 11.8. The summed E-state index contributed by atoms with van der Waals surface area (Å²) in [5.74, 6) is 0.363. The van der Waals surface area contributed by atoms with Gasteiger partial charge in [0.25, 0.3) is 5.91 Å². The highest BCUT2D eigenvalue weighted by Gasteiger charge is 2.09. The zero-order valence-corrected chi connectivity index (χ0v) is 17.4. The minimum Gasteiger partial charge on any atom is -0.483 e. The lowest BCUT2D eigenvalue weighted by Gasteiger charge is -2.12. The summed E-state index contributed by atoms with van der Waals surface area (Å²) < 4.78 is 6.47. The van der Waals surface area contributed by atoms with Crippen LogP contribution >= 0.6 is 28.1 Å². The normalized spacial score (nSPS) is 10.5. The van der Waals surface area contributed by atoms with Gasteiger partial charge in [-0.3, -0.25) is 4.79 Å². The quantitative estimate of drug-likeness (QED) is 0.431. The Bertz CT molecular complexity index is 752. The SMILES string of the molecule is CCCCCCCNC(=S)NC(=O)COc1ccc2ccccc2c1Br. The van der Waals surface area contributed by atoms with Crippen LogP contribution in [0.5, 0.6) is 5.75 Å². The number of carbonyl (C=O) groups is 1. The molecule has 2 aromatic rings. The van der Waals surface area contributed by atoms with Gasteiger partial charge in [0.05, 0.1) is 4.47 Å². The van der Waals surface area contributed by atoms with Crippen molar-refractivity contribution in [2.75, 3.05) is 13.2 Å². The minimum atomic E-state index is -0.270. The molecule has 2 N–H and O–H groups in total. The molecule has 26 heavy (non-hydrogen) atoms. The molecule has 1 amide bonds. The lowest BCUT2D eigenvalue weighted by atomic mass is 10.1. The molecule has 4 nitrogen and oxygen atoms in total. The fraction of sp³-hybridized carbons (Fsp3) is 0.400. The molecule has 2 rings (SSSR count). The van der Waals surface area contributed by atoms with Gasteiger partial charge in [0.15, 0.2) is 11.7 Å². The van der Waals surface area contributed by atoms with Gasteiger partial charge in [-0.25, -0.2) is 0 Å². The topological polar surface area (TPSA) is 50.4 Å². The van der Waals surface area contributed by atoms with Gasteiger partial charge in [0, 0.05) is 6.54 Å². The second-order valence-corrected chi connectivity index (χ2v) is 7.31. The van der Waals surface area contributed by atoms with E-state index in [0.717, 1.165) is 28.2 Å². The van der Waals surface area contributed by atoms with E-state index in [-0.39, 0.29) is 12.5 Å². The Balaban J connectivity index is 1.73. The van der Waals surface area contributed by atoms with Crippen molar-refractivity contribution in [1.82, 2.24) is 10.6 Å². The van der Waals surface area contributed by atoms with Crippen LogP contribution in [0.15, 0.2) is 40.9 Å². The molecule has 0 heterocycles. The molecule has 0 aliphatic rings. The first-order valence-electron chi connectivity index (χ1n) is 8.99. The fourth-order valence-electron chi connectivity index (χ4n) is 2.61. The van der Waals surface area contributed by atoms with Crippen molar-refractivity contribution in [3.8, 4) is 5.75 Å². The number of rotatable bonds is 9. The van der Waals surface area contributed by atoms with Gasteiger partial charge in [-0.2, -0.15) is 0 Å². The first-order chi connectivity index (χ1) is 12.6. The number of nitrogens with one attached hydrogen (secondary N) is 2. The molecule has 2 aromatic carbocycles. The monoisotopic (exact) mass is 436 g/mol. The molecule has 0 spiro atoms. The zero-order chi connectivity index (χ0) is 18.8. The summed E-state index contributed by atoms with van der Waals surface area (Å²) >= 11 is 8.69. The number of carbonyl (C=O) groups excluding carboxylic acids is 1. The summed E-state index contributed by atoms with van der Waals surface area (Å²) in [5, 5.41) is 8.22. The van der Waals surface area contributed by atoms with Gasteiger partial charge in [0.2, 0.25) is 0 Å². The van der Waals surface area contributed by atoms with Crippen molar-refractivity contribution in [3.05, 3.63) is 40.9 Å². The number of fused-ring (bicyclic) bond motifs is 1. The Kier molecular flexibility index (Phi) is 8.85. The van der Waals surface area contributed by atoms with Gasteiger partial charge in [-0.05, 0) is 51.4 Å². The average molecular weight is 437 g/mol. The van der Waals surface area contributed by atoms with Crippen LogP contribution < -0.4 is 15.4 Å². The molecular formula is C20H25BrN2O2S. The van der Waals surface area contributed by atoms with Crippen LogP contribution in [0.3, 0.4) is 0 Å². The van der Waals surface area contributed by atoms with Crippen LogP contribution in [0.4, 0.5) is 0 Å². The van der Waals surface area contributed by atoms with Crippen molar-refractivity contribution in [2.24, 2.45) is 0 Å². The van der Waals surface area contributed by atoms with Crippen LogP contribution in [0.25, 0.3) is 10.8 Å². The predicted molar refractivity (Wildman–Crippen MR) is 115 cm³/mol. The molecule has 6 heteroatoms. The summed E-state index contributed by atoms with van der Waals surface area (Å²) in [4.78, 5) is 12.0. The molecule has 0 aliphatic heterocycles. The van der Waals surface area contributed by atoms with Crippen molar-refractivity contribution < 1.29 is 9.53 Å².